The van der Waals surface area contributed by atoms with Crippen LogP contribution in [0.15, 0.2) is 48.5 Å². The molecule has 1 N–H and O–H groups in total. The zero-order valence-electron chi connectivity index (χ0n) is 11.6. The van der Waals surface area contributed by atoms with Crippen LogP contribution >= 0.6 is 11.6 Å². The molecule has 0 aliphatic carbocycles. The molecule has 0 saturated carbocycles. The van der Waals surface area contributed by atoms with Gasteiger partial charge in [-0.25, -0.2) is 4.39 Å². The SMILES string of the molecule is CNCC(Cc1ccccc1)Cc1cccc(F)c1Cl. The summed E-state index contributed by atoms with van der Waals surface area (Å²) in [6.07, 6.45) is 1.72. The van der Waals surface area contributed by atoms with Crippen molar-refractivity contribution < 1.29 is 4.39 Å². The summed E-state index contributed by atoms with van der Waals surface area (Å²) in [5, 5.41) is 3.46. The Kier molecular flexibility index (Phi) is 5.57. The summed E-state index contributed by atoms with van der Waals surface area (Å²) >= 11 is 6.05. The van der Waals surface area contributed by atoms with Crippen LogP contribution in [0.4, 0.5) is 4.39 Å². The van der Waals surface area contributed by atoms with E-state index in [-0.39, 0.29) is 10.8 Å². The van der Waals surface area contributed by atoms with E-state index in [0.29, 0.717) is 5.92 Å². The van der Waals surface area contributed by atoms with E-state index in [1.165, 1.54) is 11.6 Å². The second kappa shape index (κ2) is 7.41. The Morgan fingerprint density at radius 3 is 2.50 bits per heavy atom. The van der Waals surface area contributed by atoms with Crippen LogP contribution in [0.3, 0.4) is 0 Å². The van der Waals surface area contributed by atoms with E-state index in [1.807, 2.05) is 31.3 Å². The van der Waals surface area contributed by atoms with Crippen molar-refractivity contribution in [1.29, 1.82) is 0 Å². The third-order valence-electron chi connectivity index (χ3n) is 3.40. The van der Waals surface area contributed by atoms with Crippen molar-refractivity contribution in [3.63, 3.8) is 0 Å². The average Bonchev–Trinajstić information content (AvgIpc) is 2.45. The zero-order chi connectivity index (χ0) is 14.4. The first-order chi connectivity index (χ1) is 9.70. The summed E-state index contributed by atoms with van der Waals surface area (Å²) in [6.45, 7) is 0.877. The van der Waals surface area contributed by atoms with Crippen molar-refractivity contribution in [2.24, 2.45) is 5.92 Å². The number of benzene rings is 2. The van der Waals surface area contributed by atoms with Gasteiger partial charge in [0.2, 0.25) is 0 Å². The molecule has 2 aromatic rings. The molecule has 0 aliphatic heterocycles. The van der Waals surface area contributed by atoms with Gasteiger partial charge in [0.25, 0.3) is 0 Å². The van der Waals surface area contributed by atoms with Gasteiger partial charge in [-0.3, -0.25) is 0 Å². The molecule has 1 atom stereocenters. The van der Waals surface area contributed by atoms with E-state index >= 15 is 0 Å². The second-order valence-corrected chi connectivity index (χ2v) is 5.41. The third kappa shape index (κ3) is 4.06. The summed E-state index contributed by atoms with van der Waals surface area (Å²) < 4.78 is 13.5. The molecule has 0 radical (unpaired) electrons. The van der Waals surface area contributed by atoms with Gasteiger partial charge in [-0.2, -0.15) is 0 Å². The zero-order valence-corrected chi connectivity index (χ0v) is 12.3. The standard InChI is InChI=1S/C17H19ClFN/c1-20-12-14(10-13-6-3-2-4-7-13)11-15-8-5-9-16(19)17(15)18/h2-9,14,20H,10-12H2,1H3. The molecule has 2 aromatic carbocycles. The summed E-state index contributed by atoms with van der Waals surface area (Å²) in [7, 11) is 1.94. The molecular formula is C17H19ClFN. The molecule has 2 rings (SSSR count). The number of halogens is 2. The summed E-state index contributed by atoms with van der Waals surface area (Å²) in [5.74, 6) is 0.0498. The maximum Gasteiger partial charge on any atom is 0.142 e. The minimum absolute atomic E-state index is 0.252. The summed E-state index contributed by atoms with van der Waals surface area (Å²) in [4.78, 5) is 0. The molecule has 1 unspecified atom stereocenters. The molecule has 0 fully saturated rings. The van der Waals surface area contributed by atoms with Crippen molar-refractivity contribution in [3.05, 3.63) is 70.5 Å². The van der Waals surface area contributed by atoms with E-state index in [9.17, 15) is 4.39 Å². The highest BCUT2D eigenvalue weighted by molar-refractivity contribution is 6.31. The highest BCUT2D eigenvalue weighted by Gasteiger charge is 2.13. The monoisotopic (exact) mass is 291 g/mol. The molecule has 0 amide bonds. The number of nitrogens with one attached hydrogen (secondary N) is 1. The number of hydrogen-bond donors (Lipinski definition) is 1. The van der Waals surface area contributed by atoms with E-state index in [2.05, 4.69) is 17.4 Å². The Morgan fingerprint density at radius 1 is 1.05 bits per heavy atom. The predicted octanol–water partition coefficient (Wildman–Crippen LogP) is 4.10. The lowest BCUT2D eigenvalue weighted by Gasteiger charge is -2.17. The molecule has 0 aliphatic rings. The first-order valence-electron chi connectivity index (χ1n) is 6.82. The average molecular weight is 292 g/mol. The fourth-order valence-electron chi connectivity index (χ4n) is 2.47. The van der Waals surface area contributed by atoms with Gasteiger partial charge in [0, 0.05) is 0 Å². The van der Waals surface area contributed by atoms with Crippen LogP contribution in [-0.2, 0) is 12.8 Å². The van der Waals surface area contributed by atoms with Crippen LogP contribution in [0.5, 0.6) is 0 Å². The highest BCUT2D eigenvalue weighted by Crippen LogP contribution is 2.23. The quantitative estimate of drug-likeness (QED) is 0.845. The minimum atomic E-state index is -0.341. The lowest BCUT2D eigenvalue weighted by atomic mass is 9.92. The Morgan fingerprint density at radius 2 is 1.80 bits per heavy atom. The Labute approximate surface area is 124 Å². The van der Waals surface area contributed by atoms with Crippen molar-refractivity contribution in [2.75, 3.05) is 13.6 Å². The molecule has 1 nitrogen and oxygen atoms in total. The molecule has 106 valence electrons. The third-order valence-corrected chi connectivity index (χ3v) is 3.82. The lowest BCUT2D eigenvalue weighted by Crippen LogP contribution is -2.23. The number of hydrogen-bond acceptors (Lipinski definition) is 1. The Bertz CT molecular complexity index is 542. The molecule has 0 saturated heterocycles. The summed E-state index contributed by atoms with van der Waals surface area (Å²) in [5.41, 5.74) is 2.17. The van der Waals surface area contributed by atoms with Crippen LogP contribution < -0.4 is 5.32 Å². The Hall–Kier alpha value is -1.38. The first kappa shape index (κ1) is 15.0. The highest BCUT2D eigenvalue weighted by atomic mass is 35.5. The maximum atomic E-state index is 13.5. The topological polar surface area (TPSA) is 12.0 Å². The van der Waals surface area contributed by atoms with Crippen molar-refractivity contribution in [1.82, 2.24) is 5.32 Å². The largest absolute Gasteiger partial charge is 0.319 e. The van der Waals surface area contributed by atoms with Gasteiger partial charge in [-0.05, 0) is 49.5 Å². The van der Waals surface area contributed by atoms with Gasteiger partial charge in [-0.15, -0.1) is 0 Å². The van der Waals surface area contributed by atoms with Gasteiger partial charge in [0.1, 0.15) is 5.82 Å². The molecular weight excluding hydrogens is 273 g/mol. The molecule has 20 heavy (non-hydrogen) atoms. The second-order valence-electron chi connectivity index (χ2n) is 5.03. The molecule has 0 bridgehead atoms. The van der Waals surface area contributed by atoms with Crippen LogP contribution in [-0.4, -0.2) is 13.6 Å². The first-order valence-corrected chi connectivity index (χ1v) is 7.20. The Balaban J connectivity index is 2.11. The maximum absolute atomic E-state index is 13.5. The molecule has 3 heteroatoms. The van der Waals surface area contributed by atoms with E-state index in [0.717, 1.165) is 24.9 Å². The van der Waals surface area contributed by atoms with E-state index in [1.54, 1.807) is 6.07 Å². The van der Waals surface area contributed by atoms with Gasteiger partial charge < -0.3 is 5.32 Å². The smallest absolute Gasteiger partial charge is 0.142 e. The minimum Gasteiger partial charge on any atom is -0.319 e. The van der Waals surface area contributed by atoms with E-state index in [4.69, 9.17) is 11.6 Å². The lowest BCUT2D eigenvalue weighted by molar-refractivity contribution is 0.492. The fourth-order valence-corrected chi connectivity index (χ4v) is 2.67. The van der Waals surface area contributed by atoms with Gasteiger partial charge in [0.15, 0.2) is 0 Å². The molecule has 0 heterocycles. The van der Waals surface area contributed by atoms with Gasteiger partial charge >= 0.3 is 0 Å². The molecule has 0 spiro atoms. The van der Waals surface area contributed by atoms with Crippen molar-refractivity contribution >= 4 is 11.6 Å². The van der Waals surface area contributed by atoms with Crippen molar-refractivity contribution in [3.8, 4) is 0 Å². The van der Waals surface area contributed by atoms with E-state index < -0.39 is 0 Å². The fraction of sp³-hybridized carbons (Fsp3) is 0.294. The normalized spacial score (nSPS) is 12.3. The predicted molar refractivity (Wildman–Crippen MR) is 82.7 cm³/mol. The number of rotatable bonds is 6. The van der Waals surface area contributed by atoms with Crippen LogP contribution in [0.2, 0.25) is 5.02 Å². The van der Waals surface area contributed by atoms with Gasteiger partial charge in [0.05, 0.1) is 5.02 Å². The summed E-state index contributed by atoms with van der Waals surface area (Å²) in [6, 6.07) is 15.4. The van der Waals surface area contributed by atoms with Crippen LogP contribution in [0.1, 0.15) is 11.1 Å². The van der Waals surface area contributed by atoms with Gasteiger partial charge in [-0.1, -0.05) is 54.1 Å². The van der Waals surface area contributed by atoms with Crippen LogP contribution in [0, 0.1) is 11.7 Å². The van der Waals surface area contributed by atoms with Crippen LogP contribution in [0.25, 0.3) is 0 Å². The molecule has 0 aromatic heterocycles. The van der Waals surface area contributed by atoms with Crippen molar-refractivity contribution in [2.45, 2.75) is 12.8 Å².